The standard InChI is InChI=1S/C27H51N13O9/c28-37-34-7-19-47-16-4-31-25(41)1-13-44-22-10-40(11-23-45-14-2-26(42)32-5-17-48-20-8-35-38-29)12-24-46-15-3-27(43)33-6-18-49-21-9-36-39-30/h1-24H2,(H,31,41)(H,32,42)(H,33,43). The molecule has 49 heavy (non-hydrogen) atoms. The van der Waals surface area contributed by atoms with Crippen LogP contribution in [0.4, 0.5) is 0 Å². The summed E-state index contributed by atoms with van der Waals surface area (Å²) in [6.45, 7) is 7.04. The highest BCUT2D eigenvalue weighted by atomic mass is 16.5. The minimum absolute atomic E-state index is 0.166. The van der Waals surface area contributed by atoms with Crippen molar-refractivity contribution in [1.29, 1.82) is 0 Å². The van der Waals surface area contributed by atoms with Crippen LogP contribution in [0.2, 0.25) is 0 Å². The molecule has 3 N–H and O–H groups in total. The summed E-state index contributed by atoms with van der Waals surface area (Å²) in [6, 6.07) is 0. The summed E-state index contributed by atoms with van der Waals surface area (Å²) in [5.41, 5.74) is 24.6. The van der Waals surface area contributed by atoms with Gasteiger partial charge in [0.2, 0.25) is 17.7 Å². The lowest BCUT2D eigenvalue weighted by Gasteiger charge is -2.22. The minimum atomic E-state index is -0.166. The number of nitrogens with one attached hydrogen (secondary N) is 3. The lowest BCUT2D eigenvalue weighted by atomic mass is 10.4. The first-order chi connectivity index (χ1) is 24.0. The Balaban J connectivity index is 4.27. The predicted molar refractivity (Wildman–Crippen MR) is 176 cm³/mol. The van der Waals surface area contributed by atoms with Crippen LogP contribution in [0.3, 0.4) is 0 Å². The lowest BCUT2D eigenvalue weighted by molar-refractivity contribution is -0.123. The van der Waals surface area contributed by atoms with Gasteiger partial charge in [0.05, 0.1) is 79.3 Å². The quantitative estimate of drug-likeness (QED) is 0.0358. The molecule has 0 aliphatic heterocycles. The van der Waals surface area contributed by atoms with Gasteiger partial charge in [-0.3, -0.25) is 19.3 Å². The van der Waals surface area contributed by atoms with E-state index in [1.54, 1.807) is 0 Å². The van der Waals surface area contributed by atoms with Crippen LogP contribution in [0.25, 0.3) is 31.3 Å². The summed E-state index contributed by atoms with van der Waals surface area (Å²) in [5.74, 6) is -0.497. The van der Waals surface area contributed by atoms with Gasteiger partial charge < -0.3 is 44.4 Å². The molecule has 0 unspecified atom stereocenters. The summed E-state index contributed by atoms with van der Waals surface area (Å²) in [5, 5.41) is 18.3. The summed E-state index contributed by atoms with van der Waals surface area (Å²) < 4.78 is 32.6. The van der Waals surface area contributed by atoms with Crippen LogP contribution in [0.15, 0.2) is 15.3 Å². The van der Waals surface area contributed by atoms with Crippen LogP contribution >= 0.6 is 0 Å². The second kappa shape index (κ2) is 36.9. The number of nitrogens with zero attached hydrogens (tertiary/aromatic N) is 10. The molecule has 22 heteroatoms. The van der Waals surface area contributed by atoms with Gasteiger partial charge in [-0.05, 0) is 16.6 Å². The van der Waals surface area contributed by atoms with Crippen LogP contribution in [0.5, 0.6) is 0 Å². The van der Waals surface area contributed by atoms with Crippen molar-refractivity contribution >= 4 is 17.7 Å². The fourth-order valence-electron chi connectivity index (χ4n) is 3.53. The molecule has 0 spiro atoms. The molecule has 0 aromatic heterocycles. The van der Waals surface area contributed by atoms with Gasteiger partial charge in [0.1, 0.15) is 0 Å². The molecule has 0 saturated carbocycles. The zero-order valence-corrected chi connectivity index (χ0v) is 28.1. The highest BCUT2D eigenvalue weighted by molar-refractivity contribution is 5.76. The van der Waals surface area contributed by atoms with Crippen LogP contribution in [-0.2, 0) is 42.8 Å². The maximum absolute atomic E-state index is 12.0. The van der Waals surface area contributed by atoms with Crippen molar-refractivity contribution < 1.29 is 42.8 Å². The molecule has 0 bridgehead atoms. The lowest BCUT2D eigenvalue weighted by Crippen LogP contribution is -2.35. The normalized spacial score (nSPS) is 10.5. The van der Waals surface area contributed by atoms with E-state index in [1.807, 2.05) is 0 Å². The van der Waals surface area contributed by atoms with Gasteiger partial charge in [-0.2, -0.15) is 0 Å². The van der Waals surface area contributed by atoms with Gasteiger partial charge in [0.25, 0.3) is 0 Å². The summed E-state index contributed by atoms with van der Waals surface area (Å²) in [6.07, 6.45) is 0.580. The van der Waals surface area contributed by atoms with Gasteiger partial charge >= 0.3 is 0 Å². The van der Waals surface area contributed by atoms with Crippen molar-refractivity contribution in [2.45, 2.75) is 19.3 Å². The summed E-state index contributed by atoms with van der Waals surface area (Å²) >= 11 is 0. The van der Waals surface area contributed by atoms with Crippen LogP contribution in [0.1, 0.15) is 19.3 Å². The molecule has 0 rings (SSSR count). The SMILES string of the molecule is [N-]=[N+]=NCCOCCNC(=O)CCOCCN(CCOCCC(=O)NCCOCCN=[N+]=[N-])CCOCCC(=O)NCCOCCN=[N+]=[N-]. The van der Waals surface area contributed by atoms with Crippen molar-refractivity contribution in [3.63, 3.8) is 0 Å². The van der Waals surface area contributed by atoms with Crippen molar-refractivity contribution in [1.82, 2.24) is 20.9 Å². The van der Waals surface area contributed by atoms with E-state index >= 15 is 0 Å². The molecule has 0 atom stereocenters. The zero-order chi connectivity index (χ0) is 35.9. The van der Waals surface area contributed by atoms with Crippen molar-refractivity contribution in [3.05, 3.63) is 31.3 Å². The summed E-state index contributed by atoms with van der Waals surface area (Å²) in [7, 11) is 0. The molecule has 0 saturated heterocycles. The monoisotopic (exact) mass is 701 g/mol. The molecule has 0 heterocycles. The zero-order valence-electron chi connectivity index (χ0n) is 28.1. The highest BCUT2D eigenvalue weighted by Crippen LogP contribution is 1.95. The predicted octanol–water partition coefficient (Wildman–Crippen LogP) is 0.838. The maximum atomic E-state index is 12.0. The van der Waals surface area contributed by atoms with Crippen LogP contribution in [-0.4, -0.2) is 161 Å². The number of hydrogen-bond donors (Lipinski definition) is 3. The van der Waals surface area contributed by atoms with Gasteiger partial charge in [-0.1, -0.05) is 15.3 Å². The number of rotatable bonds is 36. The van der Waals surface area contributed by atoms with E-state index in [0.29, 0.717) is 78.9 Å². The number of amides is 3. The van der Waals surface area contributed by atoms with Gasteiger partial charge in [-0.25, -0.2) is 0 Å². The van der Waals surface area contributed by atoms with E-state index in [0.717, 1.165) is 0 Å². The Bertz CT molecular complexity index is 885. The van der Waals surface area contributed by atoms with E-state index in [4.69, 9.17) is 45.0 Å². The smallest absolute Gasteiger partial charge is 0.222 e. The Morgan fingerprint density at radius 3 is 1.02 bits per heavy atom. The fraction of sp³-hybridized carbons (Fsp3) is 0.889. The molecule has 0 aromatic carbocycles. The Labute approximate surface area is 285 Å². The van der Waals surface area contributed by atoms with E-state index < -0.39 is 0 Å². The molecule has 0 aliphatic carbocycles. The minimum Gasteiger partial charge on any atom is -0.380 e. The summed E-state index contributed by atoms with van der Waals surface area (Å²) in [4.78, 5) is 45.9. The first kappa shape index (κ1) is 45.1. The average molecular weight is 702 g/mol. The molecule has 0 radical (unpaired) electrons. The molecule has 22 nitrogen and oxygen atoms in total. The molecular weight excluding hydrogens is 650 g/mol. The fourth-order valence-corrected chi connectivity index (χ4v) is 3.53. The average Bonchev–Trinajstić information content (AvgIpc) is 3.09. The number of hydrogen-bond acceptors (Lipinski definition) is 13. The molecular formula is C27H51N13O9. The first-order valence-corrected chi connectivity index (χ1v) is 16.0. The third kappa shape index (κ3) is 35.2. The van der Waals surface area contributed by atoms with Crippen LogP contribution < -0.4 is 16.0 Å². The number of carbonyl (C=O) groups is 3. The first-order valence-electron chi connectivity index (χ1n) is 16.0. The topological polar surface area (TPSA) is 292 Å². The molecule has 0 aromatic rings. The second-order valence-corrected chi connectivity index (χ2v) is 9.68. The Morgan fingerprint density at radius 2 is 0.735 bits per heavy atom. The van der Waals surface area contributed by atoms with Crippen LogP contribution in [0, 0.1) is 0 Å². The largest absolute Gasteiger partial charge is 0.380 e. The number of ether oxygens (including phenoxy) is 6. The van der Waals surface area contributed by atoms with E-state index in [-0.39, 0.29) is 96.3 Å². The number of carbonyl (C=O) groups excluding carboxylic acids is 3. The van der Waals surface area contributed by atoms with E-state index in [2.05, 4.69) is 50.9 Å². The maximum Gasteiger partial charge on any atom is 0.222 e. The van der Waals surface area contributed by atoms with E-state index in [9.17, 15) is 14.4 Å². The number of azide groups is 3. The van der Waals surface area contributed by atoms with Gasteiger partial charge in [0, 0.05) is 92.9 Å². The Morgan fingerprint density at radius 1 is 0.449 bits per heavy atom. The van der Waals surface area contributed by atoms with Crippen molar-refractivity contribution in [2.24, 2.45) is 15.3 Å². The molecule has 0 aliphatic rings. The van der Waals surface area contributed by atoms with E-state index in [1.165, 1.54) is 0 Å². The van der Waals surface area contributed by atoms with Gasteiger partial charge in [0.15, 0.2) is 0 Å². The van der Waals surface area contributed by atoms with Crippen molar-refractivity contribution in [2.75, 3.05) is 138 Å². The third-order valence-corrected chi connectivity index (χ3v) is 5.98. The van der Waals surface area contributed by atoms with Crippen molar-refractivity contribution in [3.8, 4) is 0 Å². The molecule has 278 valence electrons. The second-order valence-electron chi connectivity index (χ2n) is 9.68. The Hall–Kier alpha value is -3.94. The highest BCUT2D eigenvalue weighted by Gasteiger charge is 2.08. The molecule has 0 fully saturated rings. The Kier molecular flexibility index (Phi) is 33.9. The third-order valence-electron chi connectivity index (χ3n) is 5.98. The molecule has 3 amide bonds. The van der Waals surface area contributed by atoms with Gasteiger partial charge in [-0.15, -0.1) is 0 Å².